The van der Waals surface area contributed by atoms with Crippen LogP contribution in [0.2, 0.25) is 10.0 Å². The van der Waals surface area contributed by atoms with Crippen molar-refractivity contribution < 1.29 is 31.2 Å². The van der Waals surface area contributed by atoms with Gasteiger partial charge in [0.25, 0.3) is 5.91 Å². The van der Waals surface area contributed by atoms with Crippen LogP contribution in [-0.4, -0.2) is 39.1 Å². The molecule has 0 saturated heterocycles. The lowest BCUT2D eigenvalue weighted by Crippen LogP contribution is -2.42. The van der Waals surface area contributed by atoms with Crippen molar-refractivity contribution >= 4 is 44.6 Å². The van der Waals surface area contributed by atoms with Crippen LogP contribution in [-0.2, 0) is 20.3 Å². The van der Waals surface area contributed by atoms with Gasteiger partial charge in [-0.05, 0) is 54.5 Å². The van der Waals surface area contributed by atoms with E-state index in [0.29, 0.717) is 11.1 Å². The highest BCUT2D eigenvalue weighted by molar-refractivity contribution is 7.90. The van der Waals surface area contributed by atoms with Gasteiger partial charge in [-0.25, -0.2) is 8.42 Å². The molecule has 0 radical (unpaired) electrons. The predicted molar refractivity (Wildman–Crippen MR) is 120 cm³/mol. The number of amides is 1. The van der Waals surface area contributed by atoms with Gasteiger partial charge in [0.1, 0.15) is 9.84 Å². The van der Waals surface area contributed by atoms with Crippen LogP contribution < -0.4 is 10.8 Å². The Morgan fingerprint density at radius 1 is 1.15 bits per heavy atom. The summed E-state index contributed by atoms with van der Waals surface area (Å²) in [6.45, 7) is 1.55. The second-order valence-corrected chi connectivity index (χ2v) is 10.7. The number of carbonyl (C=O) groups excluding carboxylic acids is 1. The number of nitrogens with one attached hydrogen (secondary N) is 2. The number of carbonyl (C=O) groups is 1. The number of rotatable bonds is 6. The van der Waals surface area contributed by atoms with E-state index in [4.69, 9.17) is 28.0 Å². The lowest BCUT2D eigenvalue weighted by atomic mass is 9.91. The third-order valence-corrected chi connectivity index (χ3v) is 6.30. The molecule has 0 aliphatic carbocycles. The smallest absolute Gasteiger partial charge is 0.351 e. The first kappa shape index (κ1) is 25.4. The lowest BCUT2D eigenvalue weighted by Gasteiger charge is -2.28. The van der Waals surface area contributed by atoms with Gasteiger partial charge in [0.2, 0.25) is 5.60 Å². The van der Waals surface area contributed by atoms with Crippen LogP contribution in [0, 0.1) is 6.92 Å². The van der Waals surface area contributed by atoms with Crippen molar-refractivity contribution in [2.75, 3.05) is 18.6 Å². The first-order valence-corrected chi connectivity index (χ1v) is 12.3. The number of sulfone groups is 1. The molecule has 0 aromatic heterocycles. The van der Waals surface area contributed by atoms with Crippen molar-refractivity contribution in [1.82, 2.24) is 10.8 Å². The average molecular weight is 523 g/mol. The molecular formula is C21H19Cl2F3N2O4S. The van der Waals surface area contributed by atoms with Gasteiger partial charge in [-0.2, -0.15) is 13.2 Å². The Balaban J connectivity index is 1.92. The minimum atomic E-state index is -4.84. The first-order chi connectivity index (χ1) is 15.2. The van der Waals surface area contributed by atoms with Crippen molar-refractivity contribution in [3.8, 4) is 0 Å². The van der Waals surface area contributed by atoms with Crippen molar-refractivity contribution in [1.29, 1.82) is 0 Å². The minimum absolute atomic E-state index is 0.0219. The Bertz CT molecular complexity index is 1210. The maximum absolute atomic E-state index is 14.1. The Morgan fingerprint density at radius 3 is 2.33 bits per heavy atom. The first-order valence-electron chi connectivity index (χ1n) is 9.49. The number of hydroxylamine groups is 1. The Labute approximate surface area is 198 Å². The molecule has 2 aromatic rings. The van der Waals surface area contributed by atoms with Gasteiger partial charge >= 0.3 is 6.18 Å². The molecule has 1 aliphatic heterocycles. The summed E-state index contributed by atoms with van der Waals surface area (Å²) in [5.74, 6) is -0.706. The molecule has 0 spiro atoms. The third kappa shape index (κ3) is 5.63. The second kappa shape index (κ2) is 9.17. The van der Waals surface area contributed by atoms with Crippen molar-refractivity contribution in [2.24, 2.45) is 0 Å². The van der Waals surface area contributed by atoms with Gasteiger partial charge < -0.3 is 5.32 Å². The Morgan fingerprint density at radius 2 is 1.79 bits per heavy atom. The molecule has 2 aromatic carbocycles. The van der Waals surface area contributed by atoms with Gasteiger partial charge in [-0.1, -0.05) is 29.3 Å². The number of halogens is 5. The molecule has 1 amide bonds. The summed E-state index contributed by atoms with van der Waals surface area (Å²) in [7, 11) is -3.23. The number of benzene rings is 2. The lowest BCUT2D eigenvalue weighted by molar-refractivity contribution is -0.269. The number of hydrogen-bond donors (Lipinski definition) is 2. The van der Waals surface area contributed by atoms with Crippen LogP contribution in [0.4, 0.5) is 13.2 Å². The fourth-order valence-electron chi connectivity index (χ4n) is 3.28. The molecule has 1 atom stereocenters. The van der Waals surface area contributed by atoms with Crippen molar-refractivity contribution in [2.45, 2.75) is 18.7 Å². The molecule has 0 bridgehead atoms. The summed E-state index contributed by atoms with van der Waals surface area (Å²) in [5.41, 5.74) is 0.316. The predicted octanol–water partition coefficient (Wildman–Crippen LogP) is 4.41. The van der Waals surface area contributed by atoms with Crippen LogP contribution in [0.15, 0.2) is 42.5 Å². The zero-order chi connectivity index (χ0) is 24.6. The van der Waals surface area contributed by atoms with Crippen LogP contribution >= 0.6 is 23.2 Å². The fraction of sp³-hybridized carbons (Fsp3) is 0.286. The van der Waals surface area contributed by atoms with E-state index in [1.807, 2.05) is 0 Å². The Kier molecular flexibility index (Phi) is 7.05. The van der Waals surface area contributed by atoms with Crippen molar-refractivity contribution in [3.05, 3.63) is 74.8 Å². The Hall–Kier alpha value is -2.27. The molecule has 33 heavy (non-hydrogen) atoms. The zero-order valence-electron chi connectivity index (χ0n) is 17.4. The van der Waals surface area contributed by atoms with E-state index in [2.05, 4.69) is 10.8 Å². The van der Waals surface area contributed by atoms with Gasteiger partial charge in [-0.3, -0.25) is 15.1 Å². The standard InChI is InChI=1S/C21H19Cl2F3N2O4S/c1-12-7-13(3-4-17(12)19(29)27-5-6-33(2,30)31)18-11-20(32-28-18,21(24,25)26)14-8-15(22)10-16(23)9-14/h3-4,7-11,28H,5-6H2,1-2H3,(H,27,29). The van der Waals surface area contributed by atoms with Gasteiger partial charge in [-0.15, -0.1) is 0 Å². The summed E-state index contributed by atoms with van der Waals surface area (Å²) in [6, 6.07) is 7.97. The molecule has 1 heterocycles. The second-order valence-electron chi connectivity index (χ2n) is 7.57. The maximum atomic E-state index is 14.1. The van der Waals surface area contributed by atoms with E-state index in [0.717, 1.165) is 24.5 Å². The summed E-state index contributed by atoms with van der Waals surface area (Å²) in [5, 5.41) is 2.55. The molecule has 1 aliphatic rings. The van der Waals surface area contributed by atoms with Crippen LogP contribution in [0.1, 0.15) is 27.0 Å². The fourth-order valence-corrected chi connectivity index (χ4v) is 4.28. The van der Waals surface area contributed by atoms with E-state index >= 15 is 0 Å². The molecule has 178 valence electrons. The molecule has 0 saturated carbocycles. The highest BCUT2D eigenvalue weighted by Crippen LogP contribution is 2.48. The highest BCUT2D eigenvalue weighted by Gasteiger charge is 2.59. The van der Waals surface area contributed by atoms with Crippen LogP contribution in [0.3, 0.4) is 0 Å². The van der Waals surface area contributed by atoms with Crippen LogP contribution in [0.5, 0.6) is 0 Å². The van der Waals surface area contributed by atoms with E-state index in [1.54, 1.807) is 6.92 Å². The summed E-state index contributed by atoms with van der Waals surface area (Å²) in [4.78, 5) is 17.4. The van der Waals surface area contributed by atoms with E-state index in [-0.39, 0.29) is 39.2 Å². The normalized spacial score (nSPS) is 18.6. The molecule has 0 fully saturated rings. The number of aryl methyl sites for hydroxylation is 1. The van der Waals surface area contributed by atoms with Gasteiger partial charge in [0, 0.05) is 34.0 Å². The average Bonchev–Trinajstić information content (AvgIpc) is 3.13. The largest absolute Gasteiger partial charge is 0.428 e. The maximum Gasteiger partial charge on any atom is 0.428 e. The summed E-state index contributed by atoms with van der Waals surface area (Å²) in [6.07, 6.45) is -2.90. The van der Waals surface area contributed by atoms with E-state index in [1.165, 1.54) is 24.3 Å². The van der Waals surface area contributed by atoms with Gasteiger partial charge in [0.15, 0.2) is 0 Å². The molecule has 1 unspecified atom stereocenters. The third-order valence-electron chi connectivity index (χ3n) is 4.92. The highest BCUT2D eigenvalue weighted by atomic mass is 35.5. The molecule has 6 nitrogen and oxygen atoms in total. The van der Waals surface area contributed by atoms with Gasteiger partial charge in [0.05, 0.1) is 11.4 Å². The SMILES string of the molecule is Cc1cc(C2=CC(c3cc(Cl)cc(Cl)c3)(C(F)(F)F)ON2)ccc1C(=O)NCCS(C)(=O)=O. The topological polar surface area (TPSA) is 84.5 Å². The monoisotopic (exact) mass is 522 g/mol. The van der Waals surface area contributed by atoms with Crippen molar-refractivity contribution in [3.63, 3.8) is 0 Å². The summed E-state index contributed by atoms with van der Waals surface area (Å²) < 4.78 is 64.7. The molecule has 12 heteroatoms. The quantitative estimate of drug-likeness (QED) is 0.586. The number of hydrogen-bond acceptors (Lipinski definition) is 5. The minimum Gasteiger partial charge on any atom is -0.351 e. The summed E-state index contributed by atoms with van der Waals surface area (Å²) >= 11 is 11.8. The molecule has 2 N–H and O–H groups in total. The molecular weight excluding hydrogens is 504 g/mol. The number of alkyl halides is 3. The molecule has 3 rings (SSSR count). The zero-order valence-corrected chi connectivity index (χ0v) is 19.7. The van der Waals surface area contributed by atoms with E-state index in [9.17, 15) is 26.4 Å². The van der Waals surface area contributed by atoms with Crippen LogP contribution in [0.25, 0.3) is 5.70 Å². The van der Waals surface area contributed by atoms with E-state index < -0.39 is 27.5 Å².